The molecule has 0 aliphatic heterocycles. The third-order valence-corrected chi connectivity index (χ3v) is 24.1. The highest BCUT2D eigenvalue weighted by Crippen LogP contribution is 2.38. The molecule has 20 rings (SSSR count). The third kappa shape index (κ3) is 23.7. The summed E-state index contributed by atoms with van der Waals surface area (Å²) in [6.45, 7) is 14.0. The molecule has 41 heteroatoms. The van der Waals surface area contributed by atoms with Gasteiger partial charge in [0.2, 0.25) is 17.5 Å². The molecule has 0 aliphatic carbocycles. The zero-order valence-electron chi connectivity index (χ0n) is 77.0. The first kappa shape index (κ1) is 99.9. The smallest absolute Gasteiger partial charge is 0.359 e. The van der Waals surface area contributed by atoms with Gasteiger partial charge >= 0.3 is 29.8 Å². The van der Waals surface area contributed by atoms with E-state index in [1.165, 1.54) is 62.0 Å². The number of methoxy groups -OCH3 is 1. The van der Waals surface area contributed by atoms with Crippen molar-refractivity contribution in [1.29, 1.82) is 0 Å². The van der Waals surface area contributed by atoms with Gasteiger partial charge in [-0.2, -0.15) is 49.2 Å². The van der Waals surface area contributed by atoms with Gasteiger partial charge in [-0.1, -0.05) is 253 Å². The molecule has 0 amide bonds. The summed E-state index contributed by atoms with van der Waals surface area (Å²) in [4.78, 5) is 83.0. The maximum atomic E-state index is 12.4. The van der Waals surface area contributed by atoms with Crippen molar-refractivity contribution in [2.24, 2.45) is 0 Å². The van der Waals surface area contributed by atoms with Crippen LogP contribution < -0.4 is 0 Å². The fourth-order valence-electron chi connectivity index (χ4n) is 14.1. The number of aryl methyl sites for hydroxylation is 5. The highest BCUT2D eigenvalue weighted by molar-refractivity contribution is 7.98. The van der Waals surface area contributed by atoms with E-state index in [1.54, 1.807) is 108 Å². The largest absolute Gasteiger partial charge is 0.476 e. The maximum absolute atomic E-state index is 12.4. The van der Waals surface area contributed by atoms with Crippen LogP contribution in [-0.4, -0.2) is 166 Å². The molecular formula is C102H79Cl5N20O13S3. The number of carboxylic acids is 1. The van der Waals surface area contributed by atoms with E-state index in [9.17, 15) is 29.1 Å². The minimum atomic E-state index is -1.17. The molecule has 0 atom stereocenters. The average molecular weight is 2070 g/mol. The van der Waals surface area contributed by atoms with Crippen LogP contribution in [0, 0.1) is 34.6 Å². The summed E-state index contributed by atoms with van der Waals surface area (Å²) in [7, 11) is 1.31. The standard InChI is InChI=1S/C21H17ClN4O3S.C21H17ClN4O3.C21H17ClN4O2S.C20H15ClN4O2S.C19H13ClN4O3/c1-13-6-5-7-14(10-13)19-23-20(29-25-19)18-11-16(21(27)28-12-30-2)24-26(18)17-9-4-3-8-15(17)22;1-3-28-21(27)16-12-18(26(24-16)17-10-5-4-9-15(17)22)20-23-19(25-29-20)14-8-6-7-13(2)11-14;1-3-28-21(27)16-12-18(26(24-16)17-10-5-4-9-15(17)22)19-23-20(29-25-19)14-8-6-7-13(2)11-14;1-12-6-5-7-13(10-12)19-22-18(24-28-19)17-11-15(20(26)27-2)23-25(17)16-9-4-3-8-14(16)21;1-11-5-4-6-12(9-11)17-21-18(27-23-17)16-10-14(19(25)26)22-24(16)15-8-3-2-7-13(15)20/h3-11H,12H2,1-2H3;2*4-12H,3H2,1-2H3;3-11H,1-2H3;2-10H,1H3,(H,25,26). The van der Waals surface area contributed by atoms with Crippen molar-refractivity contribution in [3.8, 4) is 142 Å². The first-order valence-corrected chi connectivity index (χ1v) is 48.2. The number of carbonyl (C=O) groups excluding carboxylic acids is 4. The number of carboxylic acid groups (broad SMARTS) is 1. The van der Waals surface area contributed by atoms with Crippen LogP contribution in [-0.2, 0) is 18.9 Å². The van der Waals surface area contributed by atoms with Gasteiger partial charge in [0, 0.05) is 58.1 Å². The van der Waals surface area contributed by atoms with Gasteiger partial charge in [-0.05, 0) is 169 Å². The number of rotatable bonds is 24. The molecule has 10 aromatic carbocycles. The van der Waals surface area contributed by atoms with Gasteiger partial charge in [-0.3, -0.25) is 0 Å². The van der Waals surface area contributed by atoms with Crippen LogP contribution in [0.15, 0.2) is 287 Å². The average Bonchev–Trinajstić information content (AvgIpc) is 1.65. The molecule has 20 aromatic rings. The van der Waals surface area contributed by atoms with E-state index in [1.807, 2.05) is 211 Å². The summed E-state index contributed by atoms with van der Waals surface area (Å²) >= 11 is 35.6. The van der Waals surface area contributed by atoms with Gasteiger partial charge in [0.15, 0.2) is 40.1 Å². The van der Waals surface area contributed by atoms with E-state index >= 15 is 0 Å². The van der Waals surface area contributed by atoms with Crippen LogP contribution in [0.5, 0.6) is 0 Å². The Kier molecular flexibility index (Phi) is 32.1. The molecule has 0 saturated heterocycles. The second-order valence-corrected chi connectivity index (χ2v) is 35.3. The van der Waals surface area contributed by atoms with E-state index in [2.05, 4.69) is 86.8 Å². The van der Waals surface area contributed by atoms with Crippen LogP contribution in [0.4, 0.5) is 0 Å². The topological polar surface area (TPSA) is 400 Å². The van der Waals surface area contributed by atoms with Crippen molar-refractivity contribution >= 4 is 123 Å². The van der Waals surface area contributed by atoms with Gasteiger partial charge in [0.25, 0.3) is 17.7 Å². The van der Waals surface area contributed by atoms with E-state index in [0.717, 1.165) is 65.6 Å². The molecule has 10 heterocycles. The predicted molar refractivity (Wildman–Crippen MR) is 545 cm³/mol. The number of thioether (sulfide) groups is 1. The Morgan fingerprint density at radius 3 is 0.881 bits per heavy atom. The lowest BCUT2D eigenvalue weighted by Crippen LogP contribution is -2.07. The zero-order valence-corrected chi connectivity index (χ0v) is 83.2. The third-order valence-electron chi connectivity index (χ3n) is 20.7. The summed E-state index contributed by atoms with van der Waals surface area (Å²) in [5.41, 5.74) is 15.6. The Labute approximate surface area is 852 Å². The zero-order chi connectivity index (χ0) is 100. The second-order valence-electron chi connectivity index (χ2n) is 30.9. The molecule has 0 radical (unpaired) electrons. The van der Waals surface area contributed by atoms with E-state index in [4.69, 9.17) is 90.5 Å². The molecule has 33 nitrogen and oxygen atoms in total. The molecule has 0 spiro atoms. The fraction of sp³-hybridized carbons (Fsp3) is 0.118. The molecule has 0 aliphatic rings. The number of aromatic carboxylic acids is 1. The van der Waals surface area contributed by atoms with Crippen molar-refractivity contribution in [3.63, 3.8) is 0 Å². The highest BCUT2D eigenvalue weighted by atomic mass is 35.5. The van der Waals surface area contributed by atoms with Gasteiger partial charge < -0.3 is 37.6 Å². The van der Waals surface area contributed by atoms with Crippen molar-refractivity contribution in [1.82, 2.24) is 98.0 Å². The number of nitrogens with zero attached hydrogens (tertiary/aromatic N) is 20. The lowest BCUT2D eigenvalue weighted by atomic mass is 10.1. The lowest BCUT2D eigenvalue weighted by Gasteiger charge is -2.06. The molecule has 143 heavy (non-hydrogen) atoms. The van der Waals surface area contributed by atoms with Crippen molar-refractivity contribution in [2.75, 3.05) is 32.5 Å². The van der Waals surface area contributed by atoms with E-state index in [-0.39, 0.29) is 65.3 Å². The molecule has 10 aromatic heterocycles. The van der Waals surface area contributed by atoms with Crippen molar-refractivity contribution in [3.05, 3.63) is 354 Å². The van der Waals surface area contributed by atoms with Crippen LogP contribution >= 0.6 is 92.8 Å². The van der Waals surface area contributed by atoms with Crippen LogP contribution in [0.3, 0.4) is 0 Å². The van der Waals surface area contributed by atoms with Gasteiger partial charge in [0.05, 0.1) is 73.9 Å². The summed E-state index contributed by atoms with van der Waals surface area (Å²) in [6, 6.07) is 82.8. The molecule has 1 N–H and O–H groups in total. The van der Waals surface area contributed by atoms with Crippen LogP contribution in [0.2, 0.25) is 25.1 Å². The number of halogens is 5. The van der Waals surface area contributed by atoms with Crippen molar-refractivity contribution < 1.29 is 61.6 Å². The lowest BCUT2D eigenvalue weighted by molar-refractivity contribution is 0.0509. The molecule has 0 bridgehead atoms. The van der Waals surface area contributed by atoms with Gasteiger partial charge in [-0.15, -0.1) is 11.8 Å². The van der Waals surface area contributed by atoms with Crippen LogP contribution in [0.25, 0.3) is 142 Å². The fourth-order valence-corrected chi connectivity index (χ4v) is 16.7. The molecule has 0 saturated carbocycles. The Morgan fingerprint density at radius 1 is 0.329 bits per heavy atom. The quantitative estimate of drug-likeness (QED) is 0.0333. The summed E-state index contributed by atoms with van der Waals surface area (Å²) in [5, 5.41) is 47.0. The minimum Gasteiger partial charge on any atom is -0.476 e. The predicted octanol–water partition coefficient (Wildman–Crippen LogP) is 24.0. The summed E-state index contributed by atoms with van der Waals surface area (Å²) in [6.07, 6.45) is 1.84. The number of para-hydroxylation sites is 5. The monoisotopic (exact) mass is 2060 g/mol. The number of benzene rings is 10. The summed E-state index contributed by atoms with van der Waals surface area (Å²) < 4.78 is 53.1. The van der Waals surface area contributed by atoms with Gasteiger partial charge in [-0.25, -0.2) is 57.3 Å². The SMILES string of the molecule is CCOC(=O)c1cc(-c2nc(-c3cccc(C)c3)no2)n(-c2ccccc2Cl)n1.CCOC(=O)c1cc(-c2nsc(-c3cccc(C)c3)n2)n(-c2ccccc2Cl)n1.COC(=O)c1cc(-c2nsc(-c3cccc(C)c3)n2)n(-c2ccccc2Cl)n1.CSCOC(=O)c1cc(-c2nc(-c3cccc(C)c3)no2)n(-c2ccccc2Cl)n1.Cc1cccc(-c2noc(-c3cc(C(=O)O)nn3-c3ccccc3Cl)n2)c1. The Morgan fingerprint density at radius 2 is 0.594 bits per heavy atom. The Bertz CT molecular complexity index is 7850. The van der Waals surface area contributed by atoms with Crippen LogP contribution in [0.1, 0.15) is 94.1 Å². The summed E-state index contributed by atoms with van der Waals surface area (Å²) in [5.74, 6) is -0.302. The maximum Gasteiger partial charge on any atom is 0.359 e. The Balaban J connectivity index is 0.000000128. The second kappa shape index (κ2) is 45.9. The molecule has 0 fully saturated rings. The van der Waals surface area contributed by atoms with Gasteiger partial charge in [0.1, 0.15) is 44.4 Å². The number of hydrogen-bond donors (Lipinski definition) is 1. The highest BCUT2D eigenvalue weighted by Gasteiger charge is 2.30. The number of aromatic nitrogens is 20. The van der Waals surface area contributed by atoms with Crippen molar-refractivity contribution in [2.45, 2.75) is 48.5 Å². The van der Waals surface area contributed by atoms with E-state index < -0.39 is 29.8 Å². The molecule has 718 valence electrons. The first-order valence-electron chi connectivity index (χ1n) is 43.4. The van der Waals surface area contributed by atoms with E-state index in [0.29, 0.717) is 111 Å². The number of esters is 4. The Hall–Kier alpha value is -16.1. The molecule has 0 unspecified atom stereocenters. The molecular weight excluding hydrogens is 1990 g/mol. The normalized spacial score (nSPS) is 10.9. The number of carbonyl (C=O) groups is 5. The number of hydrogen-bond acceptors (Lipinski definition) is 30. The minimum absolute atomic E-state index is 0.120. The first-order chi connectivity index (χ1) is 69.3. The number of ether oxygens (including phenoxy) is 4.